The summed E-state index contributed by atoms with van der Waals surface area (Å²) in [7, 11) is -10.6. The molecule has 0 unspecified atom stereocenters. The van der Waals surface area contributed by atoms with Crippen LogP contribution in [0.3, 0.4) is 0 Å². The minimum atomic E-state index is -5.31. The maximum absolute atomic E-state index is 11.3. The number of ether oxygens (including phenoxy) is 6. The van der Waals surface area contributed by atoms with Gasteiger partial charge in [-0.05, 0) is 6.54 Å². The average molecular weight is 675 g/mol. The number of aliphatic carboxylic acids is 4. The van der Waals surface area contributed by atoms with Crippen molar-refractivity contribution in [2.24, 2.45) is 5.73 Å². The molecule has 24 heteroatoms. The molecule has 1 heterocycles. The van der Waals surface area contributed by atoms with Gasteiger partial charge in [0.2, 0.25) is 0 Å². The van der Waals surface area contributed by atoms with Crippen molar-refractivity contribution in [1.29, 1.82) is 0 Å². The molecule has 0 amide bonds. The number of rotatable bonds is 8. The Bertz CT molecular complexity index is 877. The summed E-state index contributed by atoms with van der Waals surface area (Å²) in [6, 6.07) is 0. The highest BCUT2D eigenvalue weighted by molar-refractivity contribution is 7.72. The van der Waals surface area contributed by atoms with E-state index < -0.39 is 81.5 Å². The van der Waals surface area contributed by atoms with Gasteiger partial charge in [0.05, 0.1) is 52.9 Å². The molecule has 0 aromatic rings. The van der Waals surface area contributed by atoms with E-state index in [9.17, 15) is 48.7 Å². The third-order valence-corrected chi connectivity index (χ3v) is 8.91. The number of carboxylic acid groups (broad SMARTS) is 4. The van der Waals surface area contributed by atoms with Gasteiger partial charge in [-0.15, -0.1) is 0 Å². The summed E-state index contributed by atoms with van der Waals surface area (Å²) in [5.74, 6) is -6.17. The molecule has 0 radical (unpaired) electrons. The summed E-state index contributed by atoms with van der Waals surface area (Å²) in [6.45, 7) is -2.33. The fraction of sp³-hybridized carbons (Fsp3) is 0.789. The van der Waals surface area contributed by atoms with E-state index >= 15 is 0 Å². The van der Waals surface area contributed by atoms with Crippen LogP contribution >= 0.6 is 15.2 Å². The average Bonchev–Trinajstić information content (AvgIpc) is 2.86. The highest BCUT2D eigenvalue weighted by atomic mass is 31.2. The van der Waals surface area contributed by atoms with E-state index in [4.69, 9.17) is 58.8 Å². The Morgan fingerprint density at radius 2 is 0.814 bits per heavy atom. The van der Waals surface area contributed by atoms with Crippen molar-refractivity contribution in [1.82, 2.24) is 0 Å². The second-order valence-corrected chi connectivity index (χ2v) is 12.2. The first-order valence-electron chi connectivity index (χ1n) is 11.9. The maximum atomic E-state index is 11.3. The zero-order valence-electron chi connectivity index (χ0n) is 22.3. The number of hydrogen-bond donors (Lipinski definition) is 10. The largest absolute Gasteiger partial charge is 0.479 e. The van der Waals surface area contributed by atoms with Crippen LogP contribution in [0.5, 0.6) is 0 Å². The Morgan fingerprint density at radius 1 is 0.581 bits per heavy atom. The second kappa shape index (κ2) is 19.3. The number of carbonyl (C=O) groups is 4. The molecular formula is C19H35NO21P2. The minimum absolute atomic E-state index is 0.167. The van der Waals surface area contributed by atoms with E-state index in [1.165, 1.54) is 0 Å². The monoisotopic (exact) mass is 675 g/mol. The van der Waals surface area contributed by atoms with E-state index in [0.29, 0.717) is 0 Å². The Balaban J connectivity index is 0.00000114. The van der Waals surface area contributed by atoms with Gasteiger partial charge in [0.25, 0.3) is 5.08 Å². The molecule has 11 N–H and O–H groups in total. The first-order valence-corrected chi connectivity index (χ1v) is 15.1. The van der Waals surface area contributed by atoms with Crippen molar-refractivity contribution >= 4 is 39.1 Å². The molecule has 0 aromatic heterocycles. The van der Waals surface area contributed by atoms with Crippen LogP contribution in [0.15, 0.2) is 0 Å². The van der Waals surface area contributed by atoms with Crippen LogP contribution in [0.1, 0.15) is 6.42 Å². The van der Waals surface area contributed by atoms with Gasteiger partial charge in [-0.1, -0.05) is 0 Å². The van der Waals surface area contributed by atoms with E-state index in [0.717, 1.165) is 0 Å². The lowest BCUT2D eigenvalue weighted by atomic mass is 10.2. The predicted molar refractivity (Wildman–Crippen MR) is 134 cm³/mol. The Labute approximate surface area is 242 Å². The number of nitrogens with two attached hydrogens (primary N) is 1. The molecule has 0 saturated carbocycles. The van der Waals surface area contributed by atoms with Gasteiger partial charge < -0.3 is 79.3 Å². The van der Waals surface area contributed by atoms with Crippen molar-refractivity contribution in [3.05, 3.63) is 0 Å². The van der Waals surface area contributed by atoms with Crippen molar-refractivity contribution in [3.63, 3.8) is 0 Å². The van der Waals surface area contributed by atoms with Crippen molar-refractivity contribution in [2.75, 3.05) is 59.4 Å². The molecule has 1 fully saturated rings. The lowest BCUT2D eigenvalue weighted by Gasteiger charge is -2.28. The summed E-state index contributed by atoms with van der Waals surface area (Å²) in [4.78, 5) is 79.3. The van der Waals surface area contributed by atoms with Crippen LogP contribution in [0.25, 0.3) is 0 Å². The maximum Gasteiger partial charge on any atom is 0.369 e. The summed E-state index contributed by atoms with van der Waals surface area (Å²) >= 11 is 0. The Hall–Kier alpha value is -2.14. The molecule has 252 valence electrons. The summed E-state index contributed by atoms with van der Waals surface area (Å²) in [5.41, 5.74) is 4.86. The lowest BCUT2D eigenvalue weighted by molar-refractivity contribution is -0.183. The molecule has 1 aliphatic heterocycles. The van der Waals surface area contributed by atoms with Crippen LogP contribution in [-0.2, 0) is 56.7 Å². The number of carboxylic acids is 4. The van der Waals surface area contributed by atoms with E-state index in [1.54, 1.807) is 0 Å². The zero-order valence-corrected chi connectivity index (χ0v) is 24.1. The van der Waals surface area contributed by atoms with Gasteiger partial charge in [0, 0.05) is 6.42 Å². The van der Waals surface area contributed by atoms with Crippen molar-refractivity contribution in [3.8, 4) is 0 Å². The standard InChI is InChI=1S/C16H24O14.C3H11NO7P2/c17-13(18)9-10(14(19)20)29-7-3-26-4-8-30-12(16(23)24)11(15(21)22)28-6-2-25-1-5-27-9;4-2-1-3(5,12(6,7)8)13(9,10)11/h9-12H,1-8H2,(H,17,18)(H,19,20)(H,21,22)(H,23,24);5H,1-2,4H2,(H2,6,7,8)(H2,9,10,11)/t9-,10-,11-,12-;/m1./s1. The molecule has 4 atom stereocenters. The number of aliphatic hydroxyl groups is 1. The third-order valence-electron chi connectivity index (χ3n) is 5.04. The van der Waals surface area contributed by atoms with Crippen molar-refractivity contribution in [2.45, 2.75) is 35.9 Å². The Kier molecular flexibility index (Phi) is 18.3. The smallest absolute Gasteiger partial charge is 0.369 e. The van der Waals surface area contributed by atoms with Gasteiger partial charge >= 0.3 is 39.1 Å². The summed E-state index contributed by atoms with van der Waals surface area (Å²) in [5, 5.41) is 42.4. The minimum Gasteiger partial charge on any atom is -0.479 e. The molecular weight excluding hydrogens is 640 g/mol. The van der Waals surface area contributed by atoms with Gasteiger partial charge in [0.1, 0.15) is 0 Å². The molecule has 0 spiro atoms. The molecule has 0 bridgehead atoms. The fourth-order valence-corrected chi connectivity index (χ4v) is 5.15. The van der Waals surface area contributed by atoms with E-state index in [-0.39, 0.29) is 52.9 Å². The number of hydrogen-bond acceptors (Lipinski definition) is 14. The Morgan fingerprint density at radius 3 is 0.953 bits per heavy atom. The SMILES string of the molecule is NCCC(O)(P(=O)(O)O)P(=O)(O)O.O=C(O)[C@@H]1OCCOCCO[C@@H](C(=O)O)[C@H](C(=O)O)OCCOCCO[C@H]1C(=O)O. The van der Waals surface area contributed by atoms with Crippen molar-refractivity contribution < 1.29 is 102 Å². The zero-order chi connectivity index (χ0) is 33.4. The van der Waals surface area contributed by atoms with E-state index in [2.05, 4.69) is 0 Å². The highest BCUT2D eigenvalue weighted by Crippen LogP contribution is 2.68. The van der Waals surface area contributed by atoms with Gasteiger partial charge in [-0.3, -0.25) is 9.13 Å². The summed E-state index contributed by atoms with van der Waals surface area (Å²) in [6.07, 6.45) is -8.05. The molecule has 1 rings (SSSR count). The van der Waals surface area contributed by atoms with Crippen LogP contribution in [-0.4, -0.2) is 158 Å². The lowest BCUT2D eigenvalue weighted by Crippen LogP contribution is -2.45. The van der Waals surface area contributed by atoms with Crippen LogP contribution in [0.2, 0.25) is 0 Å². The van der Waals surface area contributed by atoms with Crippen LogP contribution in [0, 0.1) is 0 Å². The normalized spacial score (nSPS) is 24.3. The van der Waals surface area contributed by atoms with Gasteiger partial charge in [0.15, 0.2) is 24.4 Å². The fourth-order valence-electron chi connectivity index (χ4n) is 2.95. The highest BCUT2D eigenvalue weighted by Gasteiger charge is 2.58. The predicted octanol–water partition coefficient (Wildman–Crippen LogP) is -3.75. The van der Waals surface area contributed by atoms with Crippen LogP contribution < -0.4 is 5.73 Å². The molecule has 1 saturated heterocycles. The molecule has 1 aliphatic rings. The van der Waals surface area contributed by atoms with Gasteiger partial charge in [-0.25, -0.2) is 19.2 Å². The summed E-state index contributed by atoms with van der Waals surface area (Å²) < 4.78 is 51.5. The molecule has 0 aliphatic carbocycles. The van der Waals surface area contributed by atoms with Crippen LogP contribution in [0.4, 0.5) is 0 Å². The molecule has 43 heavy (non-hydrogen) atoms. The molecule has 0 aromatic carbocycles. The van der Waals surface area contributed by atoms with E-state index in [1.807, 2.05) is 0 Å². The molecule has 22 nitrogen and oxygen atoms in total. The topological polar surface area (TPSA) is 366 Å². The first-order chi connectivity index (χ1) is 19.8. The first kappa shape index (κ1) is 40.9. The third kappa shape index (κ3) is 14.0. The van der Waals surface area contributed by atoms with Gasteiger partial charge in [-0.2, -0.15) is 0 Å². The second-order valence-electron chi connectivity index (χ2n) is 8.14. The quantitative estimate of drug-likeness (QED) is 0.110.